The summed E-state index contributed by atoms with van der Waals surface area (Å²) in [5.41, 5.74) is 3.97. The van der Waals surface area contributed by atoms with Crippen LogP contribution in [0, 0.1) is 0 Å². The van der Waals surface area contributed by atoms with Crippen LogP contribution >= 0.6 is 19.6 Å². The number of para-hydroxylation sites is 2. The normalized spacial score (nSPS) is 12.2. The summed E-state index contributed by atoms with van der Waals surface area (Å²) in [6, 6.07) is 29.0. The van der Waals surface area contributed by atoms with E-state index in [2.05, 4.69) is 0 Å². The van der Waals surface area contributed by atoms with Gasteiger partial charge in [-0.25, -0.2) is 0 Å². The topological polar surface area (TPSA) is 75.7 Å². The summed E-state index contributed by atoms with van der Waals surface area (Å²) in [6.07, 6.45) is 0. The van der Waals surface area contributed by atoms with E-state index in [1.54, 1.807) is 0 Å². The molecule has 160 valence electrons. The molecule has 0 spiro atoms. The van der Waals surface area contributed by atoms with Gasteiger partial charge in [0.1, 0.15) is 7.82 Å². The Morgan fingerprint density at radius 3 is 1.91 bits per heavy atom. The largest absolute Gasteiger partial charge is 1.00 e. The van der Waals surface area contributed by atoms with E-state index >= 15 is 0 Å². The van der Waals surface area contributed by atoms with Crippen molar-refractivity contribution in [3.05, 3.63) is 107 Å². The molecule has 34 heavy (non-hydrogen) atoms. The molecule has 1 aliphatic heterocycles. The minimum absolute atomic E-state index is 0. The third-order valence-corrected chi connectivity index (χ3v) is 6.89. The maximum atomic E-state index is 11.8. The van der Waals surface area contributed by atoms with E-state index in [4.69, 9.17) is 4.52 Å². The van der Waals surface area contributed by atoms with E-state index in [9.17, 15) is 14.4 Å². The summed E-state index contributed by atoms with van der Waals surface area (Å²) in [7, 11) is -3.35. The fourth-order valence-corrected chi connectivity index (χ4v) is 5.58. The van der Waals surface area contributed by atoms with Crippen molar-refractivity contribution in [2.45, 2.75) is 4.90 Å². The predicted molar refractivity (Wildman–Crippen MR) is 125 cm³/mol. The van der Waals surface area contributed by atoms with Crippen LogP contribution < -0.4 is 73.8 Å². The van der Waals surface area contributed by atoms with Crippen LogP contribution in [0.1, 0.15) is 11.1 Å². The number of thioether (sulfide) groups is 1. The Balaban J connectivity index is 0.00000162. The Bertz CT molecular complexity index is 1370. The molecule has 0 aliphatic carbocycles. The van der Waals surface area contributed by atoms with Crippen LogP contribution in [0.3, 0.4) is 0 Å². The third-order valence-electron chi connectivity index (χ3n) is 5.40. The first-order valence-electron chi connectivity index (χ1n) is 9.96. The van der Waals surface area contributed by atoms with Gasteiger partial charge in [-0.1, -0.05) is 78.5 Å². The summed E-state index contributed by atoms with van der Waals surface area (Å²) in [6.45, 7) is 0. The molecular weight excluding hydrogens is 487 g/mol. The van der Waals surface area contributed by atoms with Crippen molar-refractivity contribution in [2.24, 2.45) is 0 Å². The fourth-order valence-electron chi connectivity index (χ4n) is 4.00. The Hall–Kier alpha value is -1.02. The molecule has 1 aliphatic rings. The number of phosphoric acid groups is 1. The Morgan fingerprint density at radius 2 is 1.32 bits per heavy atom. The summed E-state index contributed by atoms with van der Waals surface area (Å²) in [5, 5.41) is 2.13. The van der Waals surface area contributed by atoms with Crippen molar-refractivity contribution in [2.75, 3.05) is 11.9 Å². The summed E-state index contributed by atoms with van der Waals surface area (Å²) in [5.74, 6) is 0. The molecule has 0 saturated carbocycles. The van der Waals surface area contributed by atoms with Crippen LogP contribution in [-0.2, 0) is 9.09 Å². The Labute approximate surface area is 247 Å². The van der Waals surface area contributed by atoms with Crippen molar-refractivity contribution in [3.63, 3.8) is 0 Å². The fraction of sp³-hybridized carbons (Fsp3) is 0.0400. The molecule has 9 heteroatoms. The van der Waals surface area contributed by atoms with Crippen LogP contribution in [0.2, 0.25) is 0 Å². The van der Waals surface area contributed by atoms with Gasteiger partial charge in [0.15, 0.2) is 5.09 Å². The molecule has 0 radical (unpaired) electrons. The van der Waals surface area contributed by atoms with E-state index in [1.807, 2.05) is 103 Å². The van der Waals surface area contributed by atoms with Gasteiger partial charge in [-0.2, -0.15) is 0 Å². The monoisotopic (exact) mass is 505 g/mol. The molecule has 0 bridgehead atoms. The molecule has 5 nitrogen and oxygen atoms in total. The first-order chi connectivity index (χ1) is 15.4. The molecule has 0 N–H and O–H groups in total. The number of phosphoric ester groups is 1. The minimum atomic E-state index is -5.30. The average molecular weight is 505 g/mol. The number of nitrogens with zero attached hydrogens (tertiary/aromatic N) is 1. The number of fused-ring (bicyclic) bond motifs is 3. The second kappa shape index (κ2) is 11.4. The molecular formula is C25H18NNa2O4PS. The van der Waals surface area contributed by atoms with Gasteiger partial charge in [-0.3, -0.25) is 0 Å². The first-order valence-corrected chi connectivity index (χ1v) is 12.2. The van der Waals surface area contributed by atoms with Gasteiger partial charge in [-0.15, -0.1) is 0 Å². The Morgan fingerprint density at radius 1 is 0.794 bits per heavy atom. The van der Waals surface area contributed by atoms with Gasteiger partial charge in [-0.05, 0) is 35.0 Å². The molecule has 0 aromatic heterocycles. The maximum absolute atomic E-state index is 11.8. The molecule has 0 saturated heterocycles. The van der Waals surface area contributed by atoms with Gasteiger partial charge >= 0.3 is 59.1 Å². The summed E-state index contributed by atoms with van der Waals surface area (Å²) in [4.78, 5) is 26.3. The van der Waals surface area contributed by atoms with Crippen molar-refractivity contribution < 1.29 is 78.0 Å². The zero-order valence-electron chi connectivity index (χ0n) is 19.1. The van der Waals surface area contributed by atoms with Crippen LogP contribution in [0.25, 0.3) is 16.3 Å². The first kappa shape index (κ1) is 27.6. The summed E-state index contributed by atoms with van der Waals surface area (Å²) < 4.78 is 16.9. The van der Waals surface area contributed by atoms with Crippen LogP contribution in [0.15, 0.2) is 101 Å². The van der Waals surface area contributed by atoms with Gasteiger partial charge in [0.25, 0.3) is 0 Å². The van der Waals surface area contributed by atoms with Crippen LogP contribution in [-0.4, -0.2) is 7.05 Å². The second-order valence-corrected chi connectivity index (χ2v) is 9.53. The summed E-state index contributed by atoms with van der Waals surface area (Å²) >= 11 is 1.13. The number of hydrogen-bond acceptors (Lipinski definition) is 6. The molecule has 0 unspecified atom stereocenters. The quantitative estimate of drug-likeness (QED) is 0.158. The van der Waals surface area contributed by atoms with Crippen molar-refractivity contribution in [1.29, 1.82) is 0 Å². The molecule has 0 fully saturated rings. The van der Waals surface area contributed by atoms with Gasteiger partial charge in [0, 0.05) is 40.0 Å². The SMILES string of the molecule is CN1c2ccccc2C(=C(OP(=O)([O-])[O-])Sc2ccc3ccccc3c2)c2ccccc21.[Na+].[Na+]. The van der Waals surface area contributed by atoms with E-state index in [-0.39, 0.29) is 64.2 Å². The molecule has 4 aromatic rings. The maximum Gasteiger partial charge on any atom is 1.00 e. The number of benzene rings is 4. The van der Waals surface area contributed by atoms with Crippen LogP contribution in [0.5, 0.6) is 0 Å². The number of anilines is 2. The van der Waals surface area contributed by atoms with Gasteiger partial charge in [0.05, 0.1) is 0 Å². The van der Waals surface area contributed by atoms with Crippen molar-refractivity contribution in [1.82, 2.24) is 0 Å². The minimum Gasteiger partial charge on any atom is -0.780 e. The van der Waals surface area contributed by atoms with Crippen molar-refractivity contribution >= 4 is 47.3 Å². The molecule has 1 heterocycles. The zero-order chi connectivity index (χ0) is 22.3. The van der Waals surface area contributed by atoms with E-state index in [0.29, 0.717) is 5.57 Å². The molecule has 4 aromatic carbocycles. The van der Waals surface area contributed by atoms with Gasteiger partial charge < -0.3 is 23.8 Å². The number of hydrogen-bond donors (Lipinski definition) is 0. The third kappa shape index (κ3) is 5.69. The number of rotatable bonds is 4. The van der Waals surface area contributed by atoms with Crippen LogP contribution in [0.4, 0.5) is 11.4 Å². The van der Waals surface area contributed by atoms with E-state index in [1.165, 1.54) is 0 Å². The van der Waals surface area contributed by atoms with E-state index in [0.717, 1.165) is 49.9 Å². The molecule has 0 amide bonds. The molecule has 5 rings (SSSR count). The predicted octanol–water partition coefficient (Wildman–Crippen LogP) is -0.716. The molecule has 0 atom stereocenters. The smallest absolute Gasteiger partial charge is 0.780 e. The van der Waals surface area contributed by atoms with E-state index < -0.39 is 7.82 Å². The average Bonchev–Trinajstić information content (AvgIpc) is 2.78. The Kier molecular flexibility index (Phi) is 9.21. The van der Waals surface area contributed by atoms with Gasteiger partial charge in [0.2, 0.25) is 0 Å². The van der Waals surface area contributed by atoms with Crippen molar-refractivity contribution in [3.8, 4) is 0 Å². The zero-order valence-corrected chi connectivity index (χ0v) is 24.8. The standard InChI is InChI=1S/C25H20NO4PS.2Na/c1-26-22-12-6-4-10-20(22)24(21-11-5-7-13-23(21)26)25(30-31(27,28)29)32-19-15-14-17-8-2-3-9-18(17)16-19;;/h2-16H,1H3,(H2,27,28,29);;/q;2*+1/p-2. The second-order valence-electron chi connectivity index (χ2n) is 7.41.